The third kappa shape index (κ3) is 4.05. The number of carbonyl (C=O) groups is 1. The number of aryl methyl sites for hydroxylation is 2. The zero-order valence-corrected chi connectivity index (χ0v) is 20.9. The number of hydrogen-bond donors (Lipinski definition) is 0. The molecule has 6 rings (SSSR count). The van der Waals surface area contributed by atoms with E-state index in [4.69, 9.17) is 9.51 Å². The maximum Gasteiger partial charge on any atom is 0.258 e. The lowest BCUT2D eigenvalue weighted by Crippen LogP contribution is -2.46. The molecule has 6 heteroatoms. The minimum absolute atomic E-state index is 0.250. The van der Waals surface area contributed by atoms with Crippen molar-refractivity contribution in [1.29, 1.82) is 0 Å². The third-order valence-electron chi connectivity index (χ3n) is 7.76. The van der Waals surface area contributed by atoms with Gasteiger partial charge in [0.15, 0.2) is 0 Å². The van der Waals surface area contributed by atoms with E-state index in [9.17, 15) is 4.79 Å². The molecule has 4 aromatic rings. The fourth-order valence-electron chi connectivity index (χ4n) is 5.82. The van der Waals surface area contributed by atoms with Crippen LogP contribution in [0.25, 0.3) is 34.0 Å². The highest BCUT2D eigenvalue weighted by Gasteiger charge is 2.38. The molecule has 0 spiro atoms. The van der Waals surface area contributed by atoms with E-state index in [1.54, 1.807) is 11.3 Å². The summed E-state index contributed by atoms with van der Waals surface area (Å²) in [6, 6.07) is 16.0. The van der Waals surface area contributed by atoms with Gasteiger partial charge in [-0.25, -0.2) is 0 Å². The average molecular weight is 484 g/mol. The van der Waals surface area contributed by atoms with Crippen LogP contribution in [0.5, 0.6) is 0 Å². The third-order valence-corrected chi connectivity index (χ3v) is 8.44. The zero-order valence-electron chi connectivity index (χ0n) is 20.1. The number of nitrogens with zero attached hydrogens (tertiary/aromatic N) is 3. The molecule has 0 radical (unpaired) electrons. The summed E-state index contributed by atoms with van der Waals surface area (Å²) in [5.41, 5.74) is 8.38. The summed E-state index contributed by atoms with van der Waals surface area (Å²) in [7, 11) is 0. The number of fused-ring (bicyclic) bond motifs is 1. The number of carbonyl (C=O) groups excluding carboxylic acids is 1. The van der Waals surface area contributed by atoms with Gasteiger partial charge in [0.1, 0.15) is 6.29 Å². The summed E-state index contributed by atoms with van der Waals surface area (Å²) >= 11 is 1.71. The summed E-state index contributed by atoms with van der Waals surface area (Å²) in [6.07, 6.45) is 5.31. The van der Waals surface area contributed by atoms with Crippen molar-refractivity contribution in [1.82, 2.24) is 15.0 Å². The van der Waals surface area contributed by atoms with Crippen LogP contribution in [-0.4, -0.2) is 33.9 Å². The first kappa shape index (κ1) is 22.4. The van der Waals surface area contributed by atoms with E-state index >= 15 is 0 Å². The van der Waals surface area contributed by atoms with Gasteiger partial charge in [0.2, 0.25) is 5.82 Å². The average Bonchev–Trinajstić information content (AvgIpc) is 3.61. The monoisotopic (exact) mass is 483 g/mol. The first-order valence-corrected chi connectivity index (χ1v) is 13.4. The predicted molar refractivity (Wildman–Crippen MR) is 139 cm³/mol. The van der Waals surface area contributed by atoms with E-state index in [0.717, 1.165) is 49.6 Å². The molecule has 2 aliphatic rings. The second-order valence-electron chi connectivity index (χ2n) is 9.78. The molecule has 1 unspecified atom stereocenters. The molecule has 2 aromatic carbocycles. The van der Waals surface area contributed by atoms with Gasteiger partial charge in [-0.2, -0.15) is 16.3 Å². The van der Waals surface area contributed by atoms with Crippen LogP contribution in [0.2, 0.25) is 0 Å². The summed E-state index contributed by atoms with van der Waals surface area (Å²) in [5, 5.41) is 8.57. The van der Waals surface area contributed by atoms with Gasteiger partial charge in [-0.1, -0.05) is 30.3 Å². The van der Waals surface area contributed by atoms with Crippen molar-refractivity contribution in [3.8, 4) is 34.0 Å². The van der Waals surface area contributed by atoms with Gasteiger partial charge < -0.3 is 9.32 Å². The molecule has 0 N–H and O–H groups in total. The largest absolute Gasteiger partial charge is 0.334 e. The predicted octanol–water partition coefficient (Wildman–Crippen LogP) is 6.73. The molecule has 1 saturated carbocycles. The number of rotatable bonds is 7. The number of aldehydes is 1. The summed E-state index contributed by atoms with van der Waals surface area (Å²) in [6.45, 7) is 5.37. The van der Waals surface area contributed by atoms with Crippen molar-refractivity contribution in [2.24, 2.45) is 5.92 Å². The van der Waals surface area contributed by atoms with Crippen LogP contribution in [0, 0.1) is 12.8 Å². The van der Waals surface area contributed by atoms with Gasteiger partial charge in [0, 0.05) is 29.1 Å². The Labute approximate surface area is 209 Å². The van der Waals surface area contributed by atoms with E-state index < -0.39 is 0 Å². The maximum atomic E-state index is 11.1. The first-order valence-electron chi connectivity index (χ1n) is 12.5. The molecule has 0 aliphatic heterocycles. The lowest BCUT2D eigenvalue weighted by atomic mass is 9.79. The van der Waals surface area contributed by atoms with Gasteiger partial charge in [-0.3, -0.25) is 4.90 Å². The van der Waals surface area contributed by atoms with Gasteiger partial charge >= 0.3 is 0 Å². The molecular formula is C29H29N3O2S. The quantitative estimate of drug-likeness (QED) is 0.273. The molecule has 2 aromatic heterocycles. The van der Waals surface area contributed by atoms with E-state index in [0.29, 0.717) is 23.8 Å². The second kappa shape index (κ2) is 9.17. The highest BCUT2D eigenvalue weighted by atomic mass is 32.1. The van der Waals surface area contributed by atoms with Gasteiger partial charge in [-0.15, -0.1) is 0 Å². The number of aromatic nitrogens is 2. The van der Waals surface area contributed by atoms with E-state index in [1.165, 1.54) is 27.8 Å². The molecule has 2 heterocycles. The molecule has 0 amide bonds. The Morgan fingerprint density at radius 1 is 1.11 bits per heavy atom. The van der Waals surface area contributed by atoms with Crippen LogP contribution in [0.1, 0.15) is 48.9 Å². The van der Waals surface area contributed by atoms with Crippen molar-refractivity contribution < 1.29 is 9.32 Å². The Morgan fingerprint density at radius 3 is 2.71 bits per heavy atom. The molecule has 1 atom stereocenters. The van der Waals surface area contributed by atoms with E-state index in [1.807, 2.05) is 0 Å². The van der Waals surface area contributed by atoms with Crippen LogP contribution < -0.4 is 0 Å². The molecule has 2 aliphatic carbocycles. The van der Waals surface area contributed by atoms with Crippen molar-refractivity contribution in [3.63, 3.8) is 0 Å². The van der Waals surface area contributed by atoms with Crippen molar-refractivity contribution in [3.05, 3.63) is 69.9 Å². The lowest BCUT2D eigenvalue weighted by Gasteiger charge is -2.44. The summed E-state index contributed by atoms with van der Waals surface area (Å²) < 4.78 is 5.67. The molecule has 35 heavy (non-hydrogen) atoms. The van der Waals surface area contributed by atoms with Crippen molar-refractivity contribution >= 4 is 17.6 Å². The second-order valence-corrected chi connectivity index (χ2v) is 10.6. The Morgan fingerprint density at radius 2 is 1.97 bits per heavy atom. The molecule has 0 bridgehead atoms. The zero-order chi connectivity index (χ0) is 23.9. The molecular weight excluding hydrogens is 454 g/mol. The van der Waals surface area contributed by atoms with Crippen LogP contribution in [0.3, 0.4) is 0 Å². The Hall–Kier alpha value is -3.09. The van der Waals surface area contributed by atoms with E-state index in [2.05, 4.69) is 77.1 Å². The molecule has 0 saturated heterocycles. The Balaban J connectivity index is 1.22. The maximum absolute atomic E-state index is 11.1. The highest BCUT2D eigenvalue weighted by Crippen LogP contribution is 2.42. The minimum atomic E-state index is 0.250. The lowest BCUT2D eigenvalue weighted by molar-refractivity contribution is -0.115. The number of thiophene rings is 1. The molecule has 178 valence electrons. The fourth-order valence-corrected chi connectivity index (χ4v) is 6.48. The summed E-state index contributed by atoms with van der Waals surface area (Å²) in [4.78, 5) is 18.4. The van der Waals surface area contributed by atoms with Gasteiger partial charge in [0.25, 0.3) is 5.89 Å². The topological polar surface area (TPSA) is 59.2 Å². The van der Waals surface area contributed by atoms with Gasteiger partial charge in [-0.05, 0) is 102 Å². The van der Waals surface area contributed by atoms with Crippen LogP contribution in [-0.2, 0) is 11.2 Å². The highest BCUT2D eigenvalue weighted by molar-refractivity contribution is 7.08. The number of benzene rings is 2. The molecule has 1 fully saturated rings. The standard InChI is InChI=1S/C29H29N3O2S/c1-3-32(24-13-19(14-24)16-33)27-9-6-20-15-21(4-8-26(20)27)28-30-29(34-31-28)22-5-7-25(18(2)12-22)23-10-11-35-17-23/h4-5,7-8,10-12,15-17,19,24,27H,3,6,9,13-14H2,1-2H3. The normalized spacial score (nSPS) is 21.2. The van der Waals surface area contributed by atoms with Crippen molar-refractivity contribution in [2.45, 2.75) is 51.6 Å². The fraction of sp³-hybridized carbons (Fsp3) is 0.345. The van der Waals surface area contributed by atoms with Gasteiger partial charge in [0.05, 0.1) is 0 Å². The first-order chi connectivity index (χ1) is 17.1. The van der Waals surface area contributed by atoms with Crippen molar-refractivity contribution in [2.75, 3.05) is 6.54 Å². The Bertz CT molecular complexity index is 1350. The SMILES string of the molecule is CCN(C1CC(C=O)C1)C1CCc2cc(-c3noc(-c4ccc(-c5ccsc5)c(C)c4)n3)ccc21. The summed E-state index contributed by atoms with van der Waals surface area (Å²) in [5.74, 6) is 1.43. The van der Waals surface area contributed by atoms with Crippen LogP contribution >= 0.6 is 11.3 Å². The number of hydrogen-bond acceptors (Lipinski definition) is 6. The smallest absolute Gasteiger partial charge is 0.258 e. The van der Waals surface area contributed by atoms with Crippen LogP contribution in [0.4, 0.5) is 0 Å². The molecule has 5 nitrogen and oxygen atoms in total. The Kier molecular flexibility index (Phi) is 5.86. The minimum Gasteiger partial charge on any atom is -0.334 e. The van der Waals surface area contributed by atoms with Crippen LogP contribution in [0.15, 0.2) is 57.7 Å². The van der Waals surface area contributed by atoms with E-state index in [-0.39, 0.29) is 5.92 Å².